The molecule has 2 aromatic carbocycles. The Balaban J connectivity index is 1.72. The van der Waals surface area contributed by atoms with Gasteiger partial charge in [-0.15, -0.1) is 0 Å². The lowest BCUT2D eigenvalue weighted by Crippen LogP contribution is -2.17. The van der Waals surface area contributed by atoms with Gasteiger partial charge in [0.05, 0.1) is 6.04 Å². The van der Waals surface area contributed by atoms with E-state index < -0.39 is 0 Å². The van der Waals surface area contributed by atoms with Crippen LogP contribution in [0.15, 0.2) is 52.9 Å². The number of benzene rings is 2. The zero-order chi connectivity index (χ0) is 13.1. The molecule has 1 N–H and O–H groups in total. The second-order valence-electron chi connectivity index (χ2n) is 5.80. The molecule has 0 spiro atoms. The van der Waals surface area contributed by atoms with Gasteiger partial charge in [-0.2, -0.15) is 0 Å². The van der Waals surface area contributed by atoms with Crippen LogP contribution < -0.4 is 5.32 Å². The van der Waals surface area contributed by atoms with Gasteiger partial charge in [0.15, 0.2) is 0 Å². The Hall–Kier alpha value is -2.22. The van der Waals surface area contributed by atoms with E-state index in [1.807, 2.05) is 6.07 Å². The summed E-state index contributed by atoms with van der Waals surface area (Å²) in [5, 5.41) is 4.95. The van der Waals surface area contributed by atoms with Gasteiger partial charge in [0, 0.05) is 22.6 Å². The predicted octanol–water partition coefficient (Wildman–Crippen LogP) is 4.63. The molecule has 0 fully saturated rings. The van der Waals surface area contributed by atoms with E-state index in [1.165, 1.54) is 28.6 Å². The first-order valence-electron chi connectivity index (χ1n) is 7.27. The van der Waals surface area contributed by atoms with Crippen LogP contribution in [0.3, 0.4) is 0 Å². The molecule has 2 heteroatoms. The van der Waals surface area contributed by atoms with Crippen molar-refractivity contribution in [1.29, 1.82) is 0 Å². The maximum Gasteiger partial charge on any atom is 0.134 e. The summed E-state index contributed by atoms with van der Waals surface area (Å²) >= 11 is 0. The standard InChI is InChI=1S/C18H15NO/c1-3-7-15-11(5-1)13-9-10-14-12-6-2-4-8-16(12)20-18(14)17(13)19-15/h1-8,13,17,19H,9-10H2/t13-,17+/m1/s1. The summed E-state index contributed by atoms with van der Waals surface area (Å²) in [6.07, 6.45) is 2.31. The summed E-state index contributed by atoms with van der Waals surface area (Å²) in [5.74, 6) is 1.71. The first-order valence-corrected chi connectivity index (χ1v) is 7.27. The predicted molar refractivity (Wildman–Crippen MR) is 80.1 cm³/mol. The highest BCUT2D eigenvalue weighted by Gasteiger charge is 2.39. The van der Waals surface area contributed by atoms with E-state index >= 15 is 0 Å². The minimum Gasteiger partial charge on any atom is -0.459 e. The number of furan rings is 1. The molecule has 1 aromatic heterocycles. The Morgan fingerprint density at radius 3 is 2.85 bits per heavy atom. The maximum absolute atomic E-state index is 6.17. The normalized spacial score (nSPS) is 23.0. The molecule has 5 rings (SSSR count). The fourth-order valence-electron chi connectivity index (χ4n) is 3.90. The summed E-state index contributed by atoms with van der Waals surface area (Å²) in [7, 11) is 0. The van der Waals surface area contributed by atoms with Crippen molar-refractivity contribution >= 4 is 16.7 Å². The van der Waals surface area contributed by atoms with Crippen LogP contribution in [0.25, 0.3) is 11.0 Å². The molecule has 3 aromatic rings. The average molecular weight is 261 g/mol. The summed E-state index contributed by atoms with van der Waals surface area (Å²) in [5.41, 5.74) is 5.15. The Morgan fingerprint density at radius 2 is 1.85 bits per heavy atom. The summed E-state index contributed by atoms with van der Waals surface area (Å²) in [6, 6.07) is 17.4. The van der Waals surface area contributed by atoms with Gasteiger partial charge >= 0.3 is 0 Å². The molecule has 0 unspecified atom stereocenters. The van der Waals surface area contributed by atoms with Crippen LogP contribution in [0.2, 0.25) is 0 Å². The molecule has 98 valence electrons. The smallest absolute Gasteiger partial charge is 0.134 e. The number of aryl methyl sites for hydroxylation is 1. The van der Waals surface area contributed by atoms with Crippen molar-refractivity contribution in [3.63, 3.8) is 0 Å². The van der Waals surface area contributed by atoms with Crippen LogP contribution in [-0.2, 0) is 6.42 Å². The van der Waals surface area contributed by atoms with Gasteiger partial charge in [0.2, 0.25) is 0 Å². The van der Waals surface area contributed by atoms with E-state index in [1.54, 1.807) is 0 Å². The molecule has 2 nitrogen and oxygen atoms in total. The fourth-order valence-corrected chi connectivity index (χ4v) is 3.90. The van der Waals surface area contributed by atoms with Gasteiger partial charge in [0.25, 0.3) is 0 Å². The highest BCUT2D eigenvalue weighted by molar-refractivity contribution is 5.83. The fraction of sp³-hybridized carbons (Fsp3) is 0.222. The number of fused-ring (bicyclic) bond motifs is 7. The van der Waals surface area contributed by atoms with Crippen LogP contribution in [0.1, 0.15) is 35.3 Å². The molecule has 0 radical (unpaired) electrons. The number of hydrogen-bond acceptors (Lipinski definition) is 2. The topological polar surface area (TPSA) is 25.2 Å². The van der Waals surface area contributed by atoms with Crippen LogP contribution in [0.5, 0.6) is 0 Å². The third-order valence-electron chi connectivity index (χ3n) is 4.79. The van der Waals surface area contributed by atoms with E-state index in [9.17, 15) is 0 Å². The molecule has 2 heterocycles. The highest BCUT2D eigenvalue weighted by Crippen LogP contribution is 2.51. The van der Waals surface area contributed by atoms with Gasteiger partial charge in [0.1, 0.15) is 11.3 Å². The molecule has 2 aliphatic rings. The van der Waals surface area contributed by atoms with Gasteiger partial charge in [-0.3, -0.25) is 0 Å². The van der Waals surface area contributed by atoms with Crippen molar-refractivity contribution in [1.82, 2.24) is 0 Å². The lowest BCUT2D eigenvalue weighted by molar-refractivity contribution is 0.432. The molecule has 0 bridgehead atoms. The number of anilines is 1. The molecular formula is C18H15NO. The maximum atomic E-state index is 6.17. The van der Waals surface area contributed by atoms with Gasteiger partial charge in [-0.1, -0.05) is 36.4 Å². The van der Waals surface area contributed by atoms with Crippen molar-refractivity contribution in [2.45, 2.75) is 24.8 Å². The summed E-state index contributed by atoms with van der Waals surface area (Å²) < 4.78 is 6.17. The van der Waals surface area contributed by atoms with Crippen LogP contribution in [-0.4, -0.2) is 0 Å². The third kappa shape index (κ3) is 1.24. The molecule has 2 atom stereocenters. The molecule has 0 saturated heterocycles. The van der Waals surface area contributed by atoms with Crippen molar-refractivity contribution in [3.8, 4) is 0 Å². The van der Waals surface area contributed by atoms with Gasteiger partial charge in [-0.25, -0.2) is 0 Å². The number of rotatable bonds is 0. The SMILES string of the molecule is c1ccc2c(c1)N[C@@H]1c3oc4ccccc4c3CC[C@H]21. The van der Waals surface area contributed by atoms with Crippen LogP contribution in [0, 0.1) is 0 Å². The molecule has 1 aliphatic carbocycles. The second-order valence-corrected chi connectivity index (χ2v) is 5.80. The number of nitrogens with one attached hydrogen (secondary N) is 1. The Bertz CT molecular complexity index is 817. The molecule has 1 aliphatic heterocycles. The molecular weight excluding hydrogens is 246 g/mol. The minimum atomic E-state index is 0.309. The van der Waals surface area contributed by atoms with Crippen molar-refractivity contribution in [3.05, 3.63) is 65.4 Å². The quantitative estimate of drug-likeness (QED) is 0.638. The minimum absolute atomic E-state index is 0.309. The monoisotopic (exact) mass is 261 g/mol. The second kappa shape index (κ2) is 3.66. The molecule has 0 amide bonds. The number of para-hydroxylation sites is 2. The number of hydrogen-bond donors (Lipinski definition) is 1. The van der Waals surface area contributed by atoms with E-state index in [2.05, 4.69) is 47.8 Å². The van der Waals surface area contributed by atoms with Crippen molar-refractivity contribution < 1.29 is 4.42 Å². The van der Waals surface area contributed by atoms with Crippen LogP contribution in [0.4, 0.5) is 5.69 Å². The van der Waals surface area contributed by atoms with Crippen molar-refractivity contribution in [2.75, 3.05) is 5.32 Å². The van der Waals surface area contributed by atoms with E-state index in [-0.39, 0.29) is 0 Å². The first-order chi connectivity index (χ1) is 9.92. The van der Waals surface area contributed by atoms with Gasteiger partial charge in [-0.05, 0) is 30.5 Å². The zero-order valence-electron chi connectivity index (χ0n) is 11.1. The first kappa shape index (κ1) is 10.6. The Kier molecular flexibility index (Phi) is 1.93. The van der Waals surface area contributed by atoms with E-state index in [4.69, 9.17) is 4.42 Å². The van der Waals surface area contributed by atoms with Gasteiger partial charge < -0.3 is 9.73 Å². The third-order valence-corrected chi connectivity index (χ3v) is 4.79. The highest BCUT2D eigenvalue weighted by atomic mass is 16.3. The van der Waals surface area contributed by atoms with E-state index in [0.29, 0.717) is 12.0 Å². The summed E-state index contributed by atoms with van der Waals surface area (Å²) in [6.45, 7) is 0. The van der Waals surface area contributed by atoms with Crippen LogP contribution >= 0.6 is 0 Å². The van der Waals surface area contributed by atoms with Crippen molar-refractivity contribution in [2.24, 2.45) is 0 Å². The van der Waals surface area contributed by atoms with E-state index in [0.717, 1.165) is 17.8 Å². The molecule has 0 saturated carbocycles. The zero-order valence-corrected chi connectivity index (χ0v) is 11.1. The average Bonchev–Trinajstić information content (AvgIpc) is 3.05. The lowest BCUT2D eigenvalue weighted by Gasteiger charge is -2.24. The lowest BCUT2D eigenvalue weighted by atomic mass is 9.81. The Morgan fingerprint density at radius 1 is 1.00 bits per heavy atom. The molecule has 20 heavy (non-hydrogen) atoms. The summed E-state index contributed by atoms with van der Waals surface area (Å²) in [4.78, 5) is 0. The Labute approximate surface area is 117 Å². The largest absolute Gasteiger partial charge is 0.459 e.